The van der Waals surface area contributed by atoms with Crippen molar-refractivity contribution in [3.05, 3.63) is 119 Å². The molecule has 3 aromatic carbocycles. The number of aromatic nitrogens is 2. The van der Waals surface area contributed by atoms with Gasteiger partial charge in [0.1, 0.15) is 0 Å². The number of pyridine rings is 2. The Hall–Kier alpha value is -3.20. The Balaban J connectivity index is 0.000000172. The summed E-state index contributed by atoms with van der Waals surface area (Å²) in [5.74, 6) is -0.183. The third kappa shape index (κ3) is 4.29. The van der Waals surface area contributed by atoms with Crippen molar-refractivity contribution in [2.75, 3.05) is 0 Å². The maximum atomic E-state index is 14.4. The molecule has 0 aliphatic heterocycles. The number of benzene rings is 3. The summed E-state index contributed by atoms with van der Waals surface area (Å²) in [6.45, 7) is 10.4. The van der Waals surface area contributed by atoms with Gasteiger partial charge in [-0.15, -0.1) is 59.2 Å². The molecule has 0 atom stereocenters. The fraction of sp³-hybridized carbons (Fsp3) is 0.188. The Bertz CT molecular complexity index is 1570. The maximum Gasteiger partial charge on any atom is 0.0459 e. The van der Waals surface area contributed by atoms with Crippen molar-refractivity contribution in [1.82, 2.24) is 9.97 Å². The Labute approximate surface area is 226 Å². The fourth-order valence-corrected chi connectivity index (χ4v) is 5.01. The van der Waals surface area contributed by atoms with Crippen molar-refractivity contribution in [2.45, 2.75) is 40.0 Å². The minimum atomic E-state index is -0.382. The molecule has 5 aromatic rings. The predicted octanol–water partition coefficient (Wildman–Crippen LogP) is 7.95. The monoisotopic (exact) mass is 651 g/mol. The van der Waals surface area contributed by atoms with E-state index < -0.39 is 0 Å². The van der Waals surface area contributed by atoms with Crippen LogP contribution in [0, 0.1) is 38.7 Å². The van der Waals surface area contributed by atoms with E-state index in [9.17, 15) is 4.39 Å². The molecule has 0 unspecified atom stereocenters. The van der Waals surface area contributed by atoms with Crippen LogP contribution in [0.15, 0.2) is 73.1 Å². The molecule has 0 saturated heterocycles. The van der Waals surface area contributed by atoms with Crippen LogP contribution in [0.2, 0.25) is 0 Å². The summed E-state index contributed by atoms with van der Waals surface area (Å²) < 4.78 is 14.4. The van der Waals surface area contributed by atoms with E-state index >= 15 is 0 Å². The minimum Gasteiger partial charge on any atom is -0.304 e. The second-order valence-corrected chi connectivity index (χ2v) is 9.59. The van der Waals surface area contributed by atoms with Gasteiger partial charge in [-0.3, -0.25) is 0 Å². The number of aryl methyl sites for hydroxylation is 2. The largest absolute Gasteiger partial charge is 0.304 e. The molecule has 0 amide bonds. The van der Waals surface area contributed by atoms with Gasteiger partial charge in [-0.1, -0.05) is 55.7 Å². The van der Waals surface area contributed by atoms with E-state index in [0.29, 0.717) is 5.56 Å². The zero-order chi connectivity index (χ0) is 24.7. The molecule has 1 aliphatic rings. The van der Waals surface area contributed by atoms with Gasteiger partial charge >= 0.3 is 0 Å². The average Bonchev–Trinajstić information content (AvgIpc) is 2.85. The van der Waals surface area contributed by atoms with Gasteiger partial charge in [0, 0.05) is 38.3 Å². The first kappa shape index (κ1) is 25.9. The molecule has 2 nitrogen and oxygen atoms in total. The second-order valence-electron chi connectivity index (χ2n) is 9.59. The van der Waals surface area contributed by atoms with Crippen LogP contribution < -0.4 is 0 Å². The first-order valence-corrected chi connectivity index (χ1v) is 11.8. The van der Waals surface area contributed by atoms with Crippen LogP contribution in [0.5, 0.6) is 0 Å². The van der Waals surface area contributed by atoms with Crippen molar-refractivity contribution in [2.24, 2.45) is 0 Å². The molecule has 6 rings (SSSR count). The maximum absolute atomic E-state index is 14.4. The van der Waals surface area contributed by atoms with Crippen molar-refractivity contribution in [3.8, 4) is 22.5 Å². The van der Waals surface area contributed by atoms with E-state index in [1.165, 1.54) is 22.8 Å². The first-order chi connectivity index (χ1) is 16.8. The number of hydrogen-bond acceptors (Lipinski definition) is 2. The summed E-state index contributed by atoms with van der Waals surface area (Å²) in [7, 11) is 0. The molecular formula is C32H27FIrN2-2. The van der Waals surface area contributed by atoms with Gasteiger partial charge in [0.2, 0.25) is 0 Å². The van der Waals surface area contributed by atoms with Crippen LogP contribution in [-0.4, -0.2) is 9.97 Å². The van der Waals surface area contributed by atoms with E-state index in [1.54, 1.807) is 12.3 Å². The summed E-state index contributed by atoms with van der Waals surface area (Å²) in [4.78, 5) is 8.93. The second kappa shape index (κ2) is 10.0. The van der Waals surface area contributed by atoms with Crippen LogP contribution >= 0.6 is 0 Å². The molecule has 1 radical (unpaired) electrons. The zero-order valence-corrected chi connectivity index (χ0v) is 23.4. The summed E-state index contributed by atoms with van der Waals surface area (Å²) in [5, 5.41) is 2.26. The normalized spacial score (nSPS) is 12.7. The molecule has 0 spiro atoms. The SMILES string of the molecule is CC1(C)c2c([c-]ccc2F)-c2nccc3cccc1c23.Cc1ccc[c-]c1-c1nccc(C)c1C.[Ir]. The van der Waals surface area contributed by atoms with Crippen LogP contribution in [0.4, 0.5) is 4.39 Å². The molecule has 0 saturated carbocycles. The molecule has 2 aromatic heterocycles. The standard InChI is InChI=1S/C18H13FN.C14H14N.Ir/c1-18(2)13-7-3-5-11-9-10-20-17(15(11)13)12-6-4-8-14(19)16(12)18;1-10-8-9-15-14(12(10)3)13-7-5-4-6-11(13)2;/h3-5,7-10H,1-2H3;4-6,8-9H,1-3H3;/q2*-1;. The van der Waals surface area contributed by atoms with Gasteiger partial charge in [0.05, 0.1) is 0 Å². The Morgan fingerprint density at radius 1 is 0.750 bits per heavy atom. The third-order valence-electron chi connectivity index (χ3n) is 7.05. The predicted molar refractivity (Wildman–Crippen MR) is 141 cm³/mol. The third-order valence-corrected chi connectivity index (χ3v) is 7.05. The van der Waals surface area contributed by atoms with E-state index in [4.69, 9.17) is 0 Å². The van der Waals surface area contributed by atoms with Crippen molar-refractivity contribution < 1.29 is 24.5 Å². The summed E-state index contributed by atoms with van der Waals surface area (Å²) in [6.07, 6.45) is 3.64. The van der Waals surface area contributed by atoms with Crippen molar-refractivity contribution in [1.29, 1.82) is 0 Å². The van der Waals surface area contributed by atoms with Crippen LogP contribution in [0.3, 0.4) is 0 Å². The quantitative estimate of drug-likeness (QED) is 0.172. The Morgan fingerprint density at radius 3 is 2.25 bits per heavy atom. The topological polar surface area (TPSA) is 25.8 Å². The van der Waals surface area contributed by atoms with Crippen LogP contribution in [0.25, 0.3) is 33.3 Å². The number of nitrogens with zero attached hydrogens (tertiary/aromatic N) is 2. The summed E-state index contributed by atoms with van der Waals surface area (Å²) in [6, 6.07) is 25.8. The number of rotatable bonds is 1. The molecule has 1 aliphatic carbocycles. The number of hydrogen-bond donors (Lipinski definition) is 0. The smallest absolute Gasteiger partial charge is 0.0459 e. The minimum absolute atomic E-state index is 0. The molecule has 2 heterocycles. The van der Waals surface area contributed by atoms with Gasteiger partial charge in [-0.2, -0.15) is 0 Å². The van der Waals surface area contributed by atoms with Gasteiger partial charge in [-0.05, 0) is 59.1 Å². The van der Waals surface area contributed by atoms with Crippen LogP contribution in [0.1, 0.15) is 41.7 Å². The van der Waals surface area contributed by atoms with Crippen molar-refractivity contribution in [3.63, 3.8) is 0 Å². The van der Waals surface area contributed by atoms with Crippen LogP contribution in [-0.2, 0) is 25.5 Å². The molecule has 0 N–H and O–H groups in total. The number of fused-ring (bicyclic) bond motifs is 2. The van der Waals surface area contributed by atoms with Crippen molar-refractivity contribution >= 4 is 10.8 Å². The molecule has 183 valence electrons. The molecular weight excluding hydrogens is 624 g/mol. The van der Waals surface area contributed by atoms with Gasteiger partial charge in [0.25, 0.3) is 0 Å². The van der Waals surface area contributed by atoms with E-state index in [2.05, 4.69) is 74.9 Å². The van der Waals surface area contributed by atoms with Gasteiger partial charge in [-0.25, -0.2) is 4.39 Å². The molecule has 0 fully saturated rings. The molecule has 0 bridgehead atoms. The molecule has 4 heteroatoms. The summed E-state index contributed by atoms with van der Waals surface area (Å²) >= 11 is 0. The zero-order valence-electron chi connectivity index (χ0n) is 21.0. The Kier molecular flexibility index (Phi) is 7.22. The average molecular weight is 651 g/mol. The number of halogens is 1. The van der Waals surface area contributed by atoms with E-state index in [0.717, 1.165) is 38.9 Å². The Morgan fingerprint density at radius 2 is 1.47 bits per heavy atom. The van der Waals surface area contributed by atoms with Gasteiger partial charge < -0.3 is 9.97 Å². The van der Waals surface area contributed by atoms with E-state index in [1.807, 2.05) is 36.5 Å². The first-order valence-electron chi connectivity index (χ1n) is 11.8. The summed E-state index contributed by atoms with van der Waals surface area (Å²) in [5.41, 5.74) is 8.96. The molecule has 36 heavy (non-hydrogen) atoms. The van der Waals surface area contributed by atoms with Gasteiger partial charge in [0.15, 0.2) is 0 Å². The van der Waals surface area contributed by atoms with E-state index in [-0.39, 0.29) is 31.3 Å². The fourth-order valence-electron chi connectivity index (χ4n) is 5.01.